The van der Waals surface area contributed by atoms with Crippen LogP contribution in [0, 0.1) is 16.0 Å². The van der Waals surface area contributed by atoms with Gasteiger partial charge in [0.05, 0.1) is 9.40 Å². The molecule has 1 atom stereocenters. The number of halogens is 1. The molecule has 1 aromatic heterocycles. The third-order valence-corrected chi connectivity index (χ3v) is 4.66. The average Bonchev–Trinajstić information content (AvgIpc) is 2.42. The van der Waals surface area contributed by atoms with Crippen molar-refractivity contribution in [1.29, 1.82) is 0 Å². The van der Waals surface area contributed by atoms with Gasteiger partial charge in [0, 0.05) is 18.8 Å². The summed E-state index contributed by atoms with van der Waals surface area (Å²) in [5.41, 5.74) is 0.588. The summed E-state index contributed by atoms with van der Waals surface area (Å²) in [6.45, 7) is 3.28. The summed E-state index contributed by atoms with van der Waals surface area (Å²) in [6.07, 6.45) is 5.24. The summed E-state index contributed by atoms with van der Waals surface area (Å²) in [4.78, 5) is 17.0. The highest BCUT2D eigenvalue weighted by Crippen LogP contribution is 2.35. The van der Waals surface area contributed by atoms with Gasteiger partial charge in [0.15, 0.2) is 0 Å². The van der Waals surface area contributed by atoms with Crippen molar-refractivity contribution in [3.63, 3.8) is 0 Å². The van der Waals surface area contributed by atoms with Gasteiger partial charge >= 0.3 is 5.69 Å². The van der Waals surface area contributed by atoms with Gasteiger partial charge < -0.3 is 10.2 Å². The summed E-state index contributed by atoms with van der Waals surface area (Å²) < 4.78 is 0.651. The van der Waals surface area contributed by atoms with Crippen LogP contribution < -0.4 is 5.32 Å². The van der Waals surface area contributed by atoms with Crippen molar-refractivity contribution in [2.75, 3.05) is 25.0 Å². The molecule has 0 radical (unpaired) electrons. The van der Waals surface area contributed by atoms with E-state index in [9.17, 15) is 10.1 Å². The molecular weight excluding hydrogens is 312 g/mol. The number of nitro groups is 1. The fraction of sp³-hybridized carbons (Fsp3) is 0.583. The minimum absolute atomic E-state index is 0.0332. The molecule has 3 fully saturated rings. The largest absolute Gasteiger partial charge is 0.374 e. The molecule has 3 aliphatic heterocycles. The summed E-state index contributed by atoms with van der Waals surface area (Å²) in [5.74, 6) is 0.615. The number of rotatable bonds is 3. The molecule has 1 unspecified atom stereocenters. The third-order valence-electron chi connectivity index (χ3n) is 4.06. The average molecular weight is 327 g/mol. The molecule has 4 rings (SSSR count). The minimum Gasteiger partial charge on any atom is -0.374 e. The molecule has 6 nitrogen and oxygen atoms in total. The maximum Gasteiger partial charge on any atom is 0.311 e. The van der Waals surface area contributed by atoms with Crippen molar-refractivity contribution in [2.24, 2.45) is 5.92 Å². The van der Waals surface area contributed by atoms with Crippen LogP contribution in [-0.2, 0) is 0 Å². The molecule has 3 saturated heterocycles. The van der Waals surface area contributed by atoms with E-state index in [1.165, 1.54) is 19.0 Å². The molecule has 1 N–H and O–H groups in total. The fourth-order valence-corrected chi connectivity index (χ4v) is 3.46. The van der Waals surface area contributed by atoms with Crippen LogP contribution in [0.25, 0.3) is 0 Å². The lowest BCUT2D eigenvalue weighted by Crippen LogP contribution is -2.53. The quantitative estimate of drug-likeness (QED) is 0.681. The Balaban J connectivity index is 1.85. The lowest BCUT2D eigenvalue weighted by Gasteiger charge is -2.45. The van der Waals surface area contributed by atoms with Crippen LogP contribution in [0.2, 0.25) is 0 Å². The number of hydrogen-bond acceptors (Lipinski definition) is 5. The van der Waals surface area contributed by atoms with Gasteiger partial charge in [-0.05, 0) is 47.8 Å². The molecule has 0 aromatic carbocycles. The van der Waals surface area contributed by atoms with E-state index < -0.39 is 0 Å². The first-order valence-electron chi connectivity index (χ1n) is 6.42. The highest BCUT2D eigenvalue weighted by atomic mass is 79.9. The number of nitrogens with zero attached hydrogens (tertiary/aromatic N) is 3. The predicted molar refractivity (Wildman–Crippen MR) is 75.2 cm³/mol. The Hall–Kier alpha value is -1.21. The molecule has 0 amide bonds. The Labute approximate surface area is 119 Å². The van der Waals surface area contributed by atoms with Crippen molar-refractivity contribution < 1.29 is 4.92 Å². The van der Waals surface area contributed by atoms with Crippen LogP contribution in [0.1, 0.15) is 12.8 Å². The molecule has 19 heavy (non-hydrogen) atoms. The van der Waals surface area contributed by atoms with Gasteiger partial charge in [0.25, 0.3) is 0 Å². The summed E-state index contributed by atoms with van der Waals surface area (Å²) >= 11 is 3.35. The number of nitrogens with one attached hydrogen (secondary N) is 1. The molecule has 0 spiro atoms. The third kappa shape index (κ3) is 2.44. The highest BCUT2D eigenvalue weighted by Gasteiger charge is 2.35. The molecular formula is C12H15BrN4O2. The second-order valence-corrected chi connectivity index (χ2v) is 6.02. The Morgan fingerprint density at radius 1 is 1.42 bits per heavy atom. The SMILES string of the molecule is O=[N+]([O-])c1cncc(Br)c1NC1CN2CCC1CC2. The fourth-order valence-electron chi connectivity index (χ4n) is 3.02. The number of anilines is 1. The molecule has 102 valence electrons. The normalized spacial score (nSPS) is 29.2. The van der Waals surface area contributed by atoms with Gasteiger partial charge in [-0.2, -0.15) is 0 Å². The van der Waals surface area contributed by atoms with E-state index in [2.05, 4.69) is 31.1 Å². The van der Waals surface area contributed by atoms with E-state index in [4.69, 9.17) is 0 Å². The summed E-state index contributed by atoms with van der Waals surface area (Å²) in [7, 11) is 0. The van der Waals surface area contributed by atoms with Gasteiger partial charge in [-0.15, -0.1) is 0 Å². The maximum absolute atomic E-state index is 11.1. The molecule has 2 bridgehead atoms. The molecule has 0 saturated carbocycles. The first-order valence-corrected chi connectivity index (χ1v) is 7.21. The van der Waals surface area contributed by atoms with Crippen molar-refractivity contribution in [3.05, 3.63) is 27.0 Å². The molecule has 0 aliphatic carbocycles. The Morgan fingerprint density at radius 3 is 2.74 bits per heavy atom. The second-order valence-electron chi connectivity index (χ2n) is 5.16. The van der Waals surface area contributed by atoms with E-state index in [1.54, 1.807) is 6.20 Å². The van der Waals surface area contributed by atoms with Crippen molar-refractivity contribution >= 4 is 27.3 Å². The van der Waals surface area contributed by atoms with E-state index >= 15 is 0 Å². The van der Waals surface area contributed by atoms with Crippen LogP contribution in [0.5, 0.6) is 0 Å². The Morgan fingerprint density at radius 2 is 2.16 bits per heavy atom. The smallest absolute Gasteiger partial charge is 0.311 e. The standard InChI is InChI=1S/C12H15BrN4O2/c13-9-5-14-6-11(17(18)19)12(9)15-10-7-16-3-1-8(10)2-4-16/h5-6,8,10H,1-4,7H2,(H,14,15). The minimum atomic E-state index is -0.387. The van der Waals surface area contributed by atoms with Gasteiger partial charge in [-0.1, -0.05) is 0 Å². The number of fused-ring (bicyclic) bond motifs is 3. The molecule has 7 heteroatoms. The van der Waals surface area contributed by atoms with Crippen LogP contribution in [0.3, 0.4) is 0 Å². The van der Waals surface area contributed by atoms with Crippen LogP contribution in [-0.4, -0.2) is 40.5 Å². The molecule has 4 heterocycles. The summed E-state index contributed by atoms with van der Waals surface area (Å²) in [5, 5.41) is 14.4. The lowest BCUT2D eigenvalue weighted by atomic mass is 9.84. The Bertz CT molecular complexity index is 503. The monoisotopic (exact) mass is 326 g/mol. The van der Waals surface area contributed by atoms with Crippen molar-refractivity contribution in [2.45, 2.75) is 18.9 Å². The van der Waals surface area contributed by atoms with Crippen LogP contribution >= 0.6 is 15.9 Å². The van der Waals surface area contributed by atoms with E-state index in [0.29, 0.717) is 22.1 Å². The maximum atomic E-state index is 11.1. The van der Waals surface area contributed by atoms with Crippen LogP contribution in [0.15, 0.2) is 16.9 Å². The van der Waals surface area contributed by atoms with Gasteiger partial charge in [-0.3, -0.25) is 15.1 Å². The highest BCUT2D eigenvalue weighted by molar-refractivity contribution is 9.10. The molecule has 1 aromatic rings. The Kier molecular flexibility index (Phi) is 3.40. The van der Waals surface area contributed by atoms with Gasteiger partial charge in [0.2, 0.25) is 0 Å². The first kappa shape index (κ1) is 12.8. The van der Waals surface area contributed by atoms with Gasteiger partial charge in [-0.25, -0.2) is 0 Å². The van der Waals surface area contributed by atoms with Crippen molar-refractivity contribution in [3.8, 4) is 0 Å². The lowest BCUT2D eigenvalue weighted by molar-refractivity contribution is -0.384. The number of pyridine rings is 1. The topological polar surface area (TPSA) is 71.3 Å². The predicted octanol–water partition coefficient (Wildman–Crippen LogP) is 2.26. The first-order chi connectivity index (χ1) is 9.15. The molecule has 3 aliphatic rings. The zero-order valence-electron chi connectivity index (χ0n) is 10.4. The number of aromatic nitrogens is 1. The zero-order chi connectivity index (χ0) is 13.4. The number of hydrogen-bond donors (Lipinski definition) is 1. The second kappa shape index (κ2) is 5.05. The zero-order valence-corrected chi connectivity index (χ0v) is 12.0. The van der Waals surface area contributed by atoms with E-state index in [-0.39, 0.29) is 10.6 Å². The van der Waals surface area contributed by atoms with E-state index in [1.807, 2.05) is 0 Å². The van der Waals surface area contributed by atoms with Crippen LogP contribution in [0.4, 0.5) is 11.4 Å². The van der Waals surface area contributed by atoms with Crippen molar-refractivity contribution in [1.82, 2.24) is 9.88 Å². The summed E-state index contributed by atoms with van der Waals surface area (Å²) in [6, 6.07) is 0.292. The van der Waals surface area contributed by atoms with Gasteiger partial charge in [0.1, 0.15) is 11.9 Å². The number of piperidine rings is 3. The van der Waals surface area contributed by atoms with E-state index in [0.717, 1.165) is 19.6 Å².